The standard InChI is InChI=1S/C13H22F2N2OS/c1-9(2)17(8-5-11(16)19)12(18)10-3-6-13(14,15)7-4-10/h9-10H,3-8H2,1-2H3,(H2,16,19). The van der Waals surface area contributed by atoms with Crippen molar-refractivity contribution in [1.82, 2.24) is 4.90 Å². The van der Waals surface area contributed by atoms with Crippen LogP contribution in [0.15, 0.2) is 0 Å². The lowest BCUT2D eigenvalue weighted by Gasteiger charge is -2.34. The van der Waals surface area contributed by atoms with E-state index in [1.165, 1.54) is 0 Å². The van der Waals surface area contributed by atoms with Crippen LogP contribution in [0.2, 0.25) is 0 Å². The molecule has 0 heterocycles. The third kappa shape index (κ3) is 5.01. The molecule has 1 amide bonds. The molecule has 0 radical (unpaired) electrons. The average Bonchev–Trinajstić information content (AvgIpc) is 2.27. The Kier molecular flexibility index (Phi) is 5.64. The van der Waals surface area contributed by atoms with Crippen LogP contribution in [0, 0.1) is 5.92 Å². The van der Waals surface area contributed by atoms with Crippen molar-refractivity contribution in [3.05, 3.63) is 0 Å². The van der Waals surface area contributed by atoms with Gasteiger partial charge in [0.05, 0.1) is 4.99 Å². The van der Waals surface area contributed by atoms with Crippen molar-refractivity contribution < 1.29 is 13.6 Å². The lowest BCUT2D eigenvalue weighted by molar-refractivity contribution is -0.141. The topological polar surface area (TPSA) is 46.3 Å². The minimum atomic E-state index is -2.60. The zero-order valence-electron chi connectivity index (χ0n) is 11.5. The van der Waals surface area contributed by atoms with E-state index in [0.717, 1.165) is 0 Å². The highest BCUT2D eigenvalue weighted by atomic mass is 32.1. The summed E-state index contributed by atoms with van der Waals surface area (Å²) < 4.78 is 26.2. The number of halogens is 2. The van der Waals surface area contributed by atoms with Gasteiger partial charge in [-0.25, -0.2) is 8.78 Å². The zero-order chi connectivity index (χ0) is 14.6. The number of amides is 1. The Hall–Kier alpha value is -0.780. The van der Waals surface area contributed by atoms with E-state index in [4.69, 9.17) is 18.0 Å². The van der Waals surface area contributed by atoms with Crippen molar-refractivity contribution in [2.45, 2.75) is 57.9 Å². The molecule has 2 N–H and O–H groups in total. The van der Waals surface area contributed by atoms with Gasteiger partial charge in [-0.2, -0.15) is 0 Å². The van der Waals surface area contributed by atoms with Gasteiger partial charge in [0, 0.05) is 37.8 Å². The molecule has 110 valence electrons. The summed E-state index contributed by atoms with van der Waals surface area (Å²) in [5.41, 5.74) is 5.45. The van der Waals surface area contributed by atoms with Gasteiger partial charge in [0.25, 0.3) is 0 Å². The molecule has 0 saturated heterocycles. The van der Waals surface area contributed by atoms with Crippen molar-refractivity contribution >= 4 is 23.1 Å². The van der Waals surface area contributed by atoms with Crippen LogP contribution in [0.4, 0.5) is 8.78 Å². The fraction of sp³-hybridized carbons (Fsp3) is 0.846. The SMILES string of the molecule is CC(C)N(CCC(N)=S)C(=O)C1CCC(F)(F)CC1. The molecule has 1 aliphatic carbocycles. The van der Waals surface area contributed by atoms with Gasteiger partial charge in [0.2, 0.25) is 11.8 Å². The molecule has 0 aromatic heterocycles. The highest BCUT2D eigenvalue weighted by Crippen LogP contribution is 2.37. The second-order valence-corrected chi connectivity index (χ2v) is 6.00. The third-order valence-electron chi connectivity index (χ3n) is 3.57. The molecular weight excluding hydrogens is 270 g/mol. The Morgan fingerprint density at radius 3 is 2.37 bits per heavy atom. The summed E-state index contributed by atoms with van der Waals surface area (Å²) in [7, 11) is 0. The lowest BCUT2D eigenvalue weighted by Crippen LogP contribution is -2.44. The number of hydrogen-bond acceptors (Lipinski definition) is 2. The molecule has 3 nitrogen and oxygen atoms in total. The van der Waals surface area contributed by atoms with Gasteiger partial charge < -0.3 is 10.6 Å². The molecule has 0 bridgehead atoms. The lowest BCUT2D eigenvalue weighted by atomic mass is 9.85. The van der Waals surface area contributed by atoms with E-state index in [1.807, 2.05) is 13.8 Å². The molecule has 1 saturated carbocycles. The van der Waals surface area contributed by atoms with Gasteiger partial charge in [-0.3, -0.25) is 4.79 Å². The van der Waals surface area contributed by atoms with Gasteiger partial charge in [0.15, 0.2) is 0 Å². The molecule has 1 aliphatic rings. The van der Waals surface area contributed by atoms with Crippen molar-refractivity contribution in [1.29, 1.82) is 0 Å². The van der Waals surface area contributed by atoms with Crippen LogP contribution in [0.1, 0.15) is 46.0 Å². The van der Waals surface area contributed by atoms with E-state index >= 15 is 0 Å². The van der Waals surface area contributed by atoms with E-state index < -0.39 is 5.92 Å². The first kappa shape index (κ1) is 16.3. The van der Waals surface area contributed by atoms with E-state index in [1.54, 1.807) is 4.90 Å². The maximum atomic E-state index is 13.1. The van der Waals surface area contributed by atoms with Crippen LogP contribution in [-0.4, -0.2) is 34.3 Å². The summed E-state index contributed by atoms with van der Waals surface area (Å²) in [4.78, 5) is 14.4. The average molecular weight is 292 g/mol. The Bertz CT molecular complexity index is 338. The quantitative estimate of drug-likeness (QED) is 0.793. The molecule has 1 fully saturated rings. The van der Waals surface area contributed by atoms with E-state index in [-0.39, 0.29) is 43.6 Å². The number of nitrogens with zero attached hydrogens (tertiary/aromatic N) is 1. The molecule has 0 spiro atoms. The molecule has 0 aliphatic heterocycles. The molecule has 0 aromatic rings. The maximum absolute atomic E-state index is 13.1. The first-order valence-electron chi connectivity index (χ1n) is 6.69. The normalized spacial score (nSPS) is 19.4. The summed E-state index contributed by atoms with van der Waals surface area (Å²) in [6.07, 6.45) is 0.627. The smallest absolute Gasteiger partial charge is 0.248 e. The minimum Gasteiger partial charge on any atom is -0.393 e. The van der Waals surface area contributed by atoms with E-state index in [0.29, 0.717) is 18.0 Å². The Morgan fingerprint density at radius 1 is 1.42 bits per heavy atom. The second-order valence-electron chi connectivity index (χ2n) is 5.47. The first-order chi connectivity index (χ1) is 8.73. The number of rotatable bonds is 5. The van der Waals surface area contributed by atoms with Gasteiger partial charge in [-0.1, -0.05) is 12.2 Å². The Morgan fingerprint density at radius 2 is 1.95 bits per heavy atom. The fourth-order valence-electron chi connectivity index (χ4n) is 2.38. The van der Waals surface area contributed by atoms with E-state index in [9.17, 15) is 13.6 Å². The number of alkyl halides is 2. The minimum absolute atomic E-state index is 0.0317. The highest BCUT2D eigenvalue weighted by Gasteiger charge is 2.38. The largest absolute Gasteiger partial charge is 0.393 e. The van der Waals surface area contributed by atoms with Crippen molar-refractivity contribution in [2.24, 2.45) is 11.7 Å². The molecule has 0 atom stereocenters. The third-order valence-corrected chi connectivity index (χ3v) is 3.78. The summed E-state index contributed by atoms with van der Waals surface area (Å²) in [6, 6.07) is 0.0317. The molecule has 6 heteroatoms. The second kappa shape index (κ2) is 6.59. The van der Waals surface area contributed by atoms with Crippen molar-refractivity contribution in [2.75, 3.05) is 6.54 Å². The summed E-state index contributed by atoms with van der Waals surface area (Å²) in [5.74, 6) is -2.92. The predicted molar refractivity (Wildman–Crippen MR) is 75.2 cm³/mol. The van der Waals surface area contributed by atoms with Crippen LogP contribution in [-0.2, 0) is 4.79 Å². The molecule has 0 unspecified atom stereocenters. The molecule has 0 aromatic carbocycles. The number of nitrogens with two attached hydrogens (primary N) is 1. The van der Waals surface area contributed by atoms with Gasteiger partial charge in [-0.15, -0.1) is 0 Å². The van der Waals surface area contributed by atoms with Crippen LogP contribution in [0.3, 0.4) is 0 Å². The Balaban J connectivity index is 2.59. The van der Waals surface area contributed by atoms with Crippen molar-refractivity contribution in [3.8, 4) is 0 Å². The maximum Gasteiger partial charge on any atom is 0.248 e. The van der Waals surface area contributed by atoms with Gasteiger partial charge in [-0.05, 0) is 26.7 Å². The first-order valence-corrected chi connectivity index (χ1v) is 7.10. The predicted octanol–water partition coefficient (Wildman–Crippen LogP) is 2.73. The van der Waals surface area contributed by atoms with Crippen LogP contribution in [0.5, 0.6) is 0 Å². The highest BCUT2D eigenvalue weighted by molar-refractivity contribution is 7.80. The van der Waals surface area contributed by atoms with Crippen LogP contribution >= 0.6 is 12.2 Å². The summed E-state index contributed by atoms with van der Waals surface area (Å²) in [6.45, 7) is 4.29. The zero-order valence-corrected chi connectivity index (χ0v) is 12.3. The van der Waals surface area contributed by atoms with Gasteiger partial charge >= 0.3 is 0 Å². The number of hydrogen-bond donors (Lipinski definition) is 1. The van der Waals surface area contributed by atoms with Crippen molar-refractivity contribution in [3.63, 3.8) is 0 Å². The molecular formula is C13H22F2N2OS. The summed E-state index contributed by atoms with van der Waals surface area (Å²) >= 11 is 4.81. The van der Waals surface area contributed by atoms with E-state index in [2.05, 4.69) is 0 Å². The number of carbonyl (C=O) groups excluding carboxylic acids is 1. The number of thiocarbonyl (C=S) groups is 1. The van der Waals surface area contributed by atoms with Gasteiger partial charge in [0.1, 0.15) is 0 Å². The molecule has 1 rings (SSSR count). The van der Waals surface area contributed by atoms with Crippen LogP contribution in [0.25, 0.3) is 0 Å². The number of carbonyl (C=O) groups is 1. The Labute approximate surface area is 118 Å². The summed E-state index contributed by atoms with van der Waals surface area (Å²) in [5, 5.41) is 0. The monoisotopic (exact) mass is 292 g/mol. The molecule has 19 heavy (non-hydrogen) atoms. The van der Waals surface area contributed by atoms with Crippen LogP contribution < -0.4 is 5.73 Å². The fourth-order valence-corrected chi connectivity index (χ4v) is 2.47.